The van der Waals surface area contributed by atoms with E-state index in [-0.39, 0.29) is 24.6 Å². The predicted octanol–water partition coefficient (Wildman–Crippen LogP) is 2.50. The summed E-state index contributed by atoms with van der Waals surface area (Å²) >= 11 is 6.04. The molecule has 2 aromatic rings. The quantitative estimate of drug-likeness (QED) is 0.500. The minimum Gasteiger partial charge on any atom is -0.495 e. The highest BCUT2D eigenvalue weighted by atomic mass is 35.5. The van der Waals surface area contributed by atoms with Crippen LogP contribution in [-0.4, -0.2) is 49.0 Å². The number of methoxy groups -OCH3 is 1. The Bertz CT molecular complexity index is 1020. The molecule has 0 radical (unpaired) electrons. The minimum absolute atomic E-state index is 0.0211. The SMILES string of the molecule is COc1cc(Cl)c(C)cc1NC(=O)COC(=O)c1ccc(CN2C(=O)CNC2=O)cc1. The lowest BCUT2D eigenvalue weighted by atomic mass is 10.1. The van der Waals surface area contributed by atoms with Crippen LogP contribution in [0.2, 0.25) is 5.02 Å². The van der Waals surface area contributed by atoms with Crippen molar-refractivity contribution in [3.8, 4) is 5.75 Å². The number of aryl methyl sites for hydroxylation is 1. The van der Waals surface area contributed by atoms with Gasteiger partial charge in [-0.3, -0.25) is 14.5 Å². The summed E-state index contributed by atoms with van der Waals surface area (Å²) in [5.41, 5.74) is 2.07. The number of esters is 1. The molecule has 0 aromatic heterocycles. The number of carbonyl (C=O) groups excluding carboxylic acids is 4. The number of rotatable bonds is 7. The summed E-state index contributed by atoms with van der Waals surface area (Å²) < 4.78 is 10.2. The van der Waals surface area contributed by atoms with Crippen molar-refractivity contribution in [1.82, 2.24) is 10.2 Å². The molecule has 1 aliphatic rings. The molecule has 0 aliphatic carbocycles. The van der Waals surface area contributed by atoms with Crippen molar-refractivity contribution in [2.75, 3.05) is 25.6 Å². The van der Waals surface area contributed by atoms with E-state index in [1.54, 1.807) is 31.2 Å². The molecule has 4 amide bonds. The molecule has 0 atom stereocenters. The summed E-state index contributed by atoms with van der Waals surface area (Å²) in [6.45, 7) is 1.37. The first-order valence-corrected chi connectivity index (χ1v) is 9.64. The van der Waals surface area contributed by atoms with Gasteiger partial charge in [-0.15, -0.1) is 0 Å². The third-order valence-corrected chi connectivity index (χ3v) is 4.96. The van der Waals surface area contributed by atoms with Crippen LogP contribution in [0, 0.1) is 6.92 Å². The summed E-state index contributed by atoms with van der Waals surface area (Å²) in [5.74, 6) is -1.15. The third kappa shape index (κ3) is 5.32. The third-order valence-electron chi connectivity index (χ3n) is 4.56. The second-order valence-corrected chi connectivity index (χ2v) is 7.17. The van der Waals surface area contributed by atoms with Crippen LogP contribution < -0.4 is 15.4 Å². The van der Waals surface area contributed by atoms with Crippen molar-refractivity contribution >= 4 is 41.1 Å². The number of carbonyl (C=O) groups is 4. The standard InChI is InChI=1S/C21H20ClN3O6/c1-12-7-16(17(30-2)8-15(12)22)24-18(26)11-31-20(28)14-5-3-13(4-6-14)10-25-19(27)9-23-21(25)29/h3-8H,9-11H2,1-2H3,(H,23,29)(H,24,26). The largest absolute Gasteiger partial charge is 0.495 e. The van der Waals surface area contributed by atoms with Gasteiger partial charge in [0.1, 0.15) is 5.75 Å². The molecule has 162 valence electrons. The zero-order chi connectivity index (χ0) is 22.5. The summed E-state index contributed by atoms with van der Waals surface area (Å²) in [4.78, 5) is 48.7. The fourth-order valence-electron chi connectivity index (χ4n) is 2.87. The van der Waals surface area contributed by atoms with Crippen LogP contribution in [0.4, 0.5) is 10.5 Å². The van der Waals surface area contributed by atoms with Gasteiger partial charge in [-0.05, 0) is 36.2 Å². The number of hydrogen-bond acceptors (Lipinski definition) is 6. The van der Waals surface area contributed by atoms with Crippen LogP contribution >= 0.6 is 11.6 Å². The van der Waals surface area contributed by atoms with Gasteiger partial charge in [-0.2, -0.15) is 0 Å². The first kappa shape index (κ1) is 22.1. The van der Waals surface area contributed by atoms with E-state index >= 15 is 0 Å². The van der Waals surface area contributed by atoms with E-state index in [2.05, 4.69) is 10.6 Å². The van der Waals surface area contributed by atoms with E-state index in [4.69, 9.17) is 21.1 Å². The average Bonchev–Trinajstić information content (AvgIpc) is 3.07. The number of benzene rings is 2. The number of amides is 4. The zero-order valence-corrected chi connectivity index (χ0v) is 17.6. The molecule has 0 spiro atoms. The molecule has 31 heavy (non-hydrogen) atoms. The van der Waals surface area contributed by atoms with Crippen molar-refractivity contribution in [2.24, 2.45) is 0 Å². The number of imide groups is 1. The lowest BCUT2D eigenvalue weighted by molar-refractivity contribution is -0.125. The van der Waals surface area contributed by atoms with E-state index in [0.29, 0.717) is 22.0 Å². The minimum atomic E-state index is -0.684. The second-order valence-electron chi connectivity index (χ2n) is 6.76. The van der Waals surface area contributed by atoms with Crippen LogP contribution in [-0.2, 0) is 20.9 Å². The maximum Gasteiger partial charge on any atom is 0.338 e. The Balaban J connectivity index is 1.55. The Labute approximate surface area is 183 Å². The number of hydrogen-bond donors (Lipinski definition) is 2. The zero-order valence-electron chi connectivity index (χ0n) is 16.9. The van der Waals surface area contributed by atoms with Crippen LogP contribution in [0.25, 0.3) is 0 Å². The molecule has 0 saturated carbocycles. The fourth-order valence-corrected chi connectivity index (χ4v) is 3.03. The van der Waals surface area contributed by atoms with Gasteiger partial charge >= 0.3 is 12.0 Å². The Morgan fingerprint density at radius 1 is 1.19 bits per heavy atom. The Kier molecular flexibility index (Phi) is 6.76. The average molecular weight is 446 g/mol. The number of urea groups is 1. The maximum absolute atomic E-state index is 12.2. The first-order valence-electron chi connectivity index (χ1n) is 9.26. The van der Waals surface area contributed by atoms with Crippen molar-refractivity contribution in [1.29, 1.82) is 0 Å². The number of nitrogens with zero attached hydrogens (tertiary/aromatic N) is 1. The lowest BCUT2D eigenvalue weighted by Gasteiger charge is -2.13. The summed E-state index contributed by atoms with van der Waals surface area (Å²) in [7, 11) is 1.45. The van der Waals surface area contributed by atoms with Gasteiger partial charge in [-0.1, -0.05) is 23.7 Å². The molecule has 2 N–H and O–H groups in total. The van der Waals surface area contributed by atoms with E-state index < -0.39 is 24.5 Å². The molecule has 2 aromatic carbocycles. The molecular formula is C21H20ClN3O6. The highest BCUT2D eigenvalue weighted by Crippen LogP contribution is 2.30. The summed E-state index contributed by atoms with van der Waals surface area (Å²) in [6.07, 6.45) is 0. The van der Waals surface area contributed by atoms with Crippen LogP contribution in [0.15, 0.2) is 36.4 Å². The maximum atomic E-state index is 12.2. The molecule has 0 bridgehead atoms. The van der Waals surface area contributed by atoms with Crippen molar-refractivity contribution in [3.63, 3.8) is 0 Å². The number of ether oxygens (including phenoxy) is 2. The Morgan fingerprint density at radius 2 is 1.90 bits per heavy atom. The highest BCUT2D eigenvalue weighted by molar-refractivity contribution is 6.31. The van der Waals surface area contributed by atoms with Crippen LogP contribution in [0.5, 0.6) is 5.75 Å². The molecule has 1 fully saturated rings. The molecule has 1 saturated heterocycles. The number of anilines is 1. The molecule has 10 heteroatoms. The number of nitrogens with one attached hydrogen (secondary N) is 2. The van der Waals surface area contributed by atoms with Crippen molar-refractivity contribution < 1.29 is 28.7 Å². The number of halogens is 1. The van der Waals surface area contributed by atoms with Gasteiger partial charge in [0.15, 0.2) is 6.61 Å². The van der Waals surface area contributed by atoms with E-state index in [1.807, 2.05) is 0 Å². The Hall–Kier alpha value is -3.59. The van der Waals surface area contributed by atoms with Gasteiger partial charge < -0.3 is 20.1 Å². The predicted molar refractivity (Wildman–Crippen MR) is 112 cm³/mol. The molecule has 1 heterocycles. The van der Waals surface area contributed by atoms with Gasteiger partial charge in [0.2, 0.25) is 5.91 Å². The van der Waals surface area contributed by atoms with E-state index in [1.165, 1.54) is 19.2 Å². The topological polar surface area (TPSA) is 114 Å². The van der Waals surface area contributed by atoms with E-state index in [0.717, 1.165) is 10.5 Å². The monoisotopic (exact) mass is 445 g/mol. The molecule has 3 rings (SSSR count). The fraction of sp³-hybridized carbons (Fsp3) is 0.238. The Morgan fingerprint density at radius 3 is 2.52 bits per heavy atom. The molecular weight excluding hydrogens is 426 g/mol. The highest BCUT2D eigenvalue weighted by Gasteiger charge is 2.28. The summed E-state index contributed by atoms with van der Waals surface area (Å²) in [6, 6.07) is 9.00. The normalized spacial score (nSPS) is 13.1. The second kappa shape index (κ2) is 9.48. The van der Waals surface area contributed by atoms with Gasteiger partial charge in [-0.25, -0.2) is 9.59 Å². The van der Waals surface area contributed by atoms with Crippen LogP contribution in [0.3, 0.4) is 0 Å². The smallest absolute Gasteiger partial charge is 0.338 e. The van der Waals surface area contributed by atoms with Crippen LogP contribution in [0.1, 0.15) is 21.5 Å². The van der Waals surface area contributed by atoms with Crippen molar-refractivity contribution in [3.05, 3.63) is 58.1 Å². The summed E-state index contributed by atoms with van der Waals surface area (Å²) in [5, 5.41) is 5.56. The lowest BCUT2D eigenvalue weighted by Crippen LogP contribution is -2.30. The molecule has 9 nitrogen and oxygen atoms in total. The first-order chi connectivity index (χ1) is 14.8. The van der Waals surface area contributed by atoms with Gasteiger partial charge in [0, 0.05) is 11.1 Å². The molecule has 0 unspecified atom stereocenters. The van der Waals surface area contributed by atoms with E-state index in [9.17, 15) is 19.2 Å². The van der Waals surface area contributed by atoms with Gasteiger partial charge in [0.05, 0.1) is 31.5 Å². The molecule has 1 aliphatic heterocycles. The van der Waals surface area contributed by atoms with Gasteiger partial charge in [0.25, 0.3) is 5.91 Å². The van der Waals surface area contributed by atoms with Crippen molar-refractivity contribution in [2.45, 2.75) is 13.5 Å².